The number of rotatable bonds is 5. The molecule has 1 aliphatic rings. The quantitative estimate of drug-likeness (QED) is 0.825. The summed E-state index contributed by atoms with van der Waals surface area (Å²) in [6.45, 7) is 5.67. The van der Waals surface area contributed by atoms with Gasteiger partial charge in [-0.3, -0.25) is 0 Å². The number of piperidine rings is 1. The van der Waals surface area contributed by atoms with Crippen molar-refractivity contribution in [2.75, 3.05) is 26.7 Å². The lowest BCUT2D eigenvalue weighted by Crippen LogP contribution is -2.48. The fourth-order valence-corrected chi connectivity index (χ4v) is 3.81. The maximum atomic E-state index is 12.3. The summed E-state index contributed by atoms with van der Waals surface area (Å²) in [5.74, 6) is 0.420. The van der Waals surface area contributed by atoms with Crippen molar-refractivity contribution in [2.45, 2.75) is 39.2 Å². The Kier molecular flexibility index (Phi) is 7.70. The highest BCUT2D eigenvalue weighted by Gasteiger charge is 2.32. The fourth-order valence-electron chi connectivity index (χ4n) is 2.16. The van der Waals surface area contributed by atoms with Crippen molar-refractivity contribution in [1.82, 2.24) is 8.61 Å². The average Bonchev–Trinajstić information content (AvgIpc) is 2.28. The van der Waals surface area contributed by atoms with Crippen LogP contribution in [0.2, 0.25) is 0 Å². The molecule has 5 nitrogen and oxygen atoms in total. The minimum atomic E-state index is -3.29. The highest BCUT2D eigenvalue weighted by molar-refractivity contribution is 7.86. The third-order valence-corrected chi connectivity index (χ3v) is 5.61. The lowest BCUT2D eigenvalue weighted by Gasteiger charge is -2.35. The molecule has 1 atom stereocenters. The largest absolute Gasteiger partial charge is 0.330 e. The lowest BCUT2D eigenvalue weighted by atomic mass is 9.96. The van der Waals surface area contributed by atoms with Crippen LogP contribution in [0.5, 0.6) is 0 Å². The third-order valence-electron chi connectivity index (χ3n) is 3.47. The monoisotopic (exact) mass is 299 g/mol. The summed E-state index contributed by atoms with van der Waals surface area (Å²) < 4.78 is 27.6. The molecule has 7 heteroatoms. The number of halogens is 1. The Bertz CT molecular complexity index is 333. The minimum absolute atomic E-state index is 0. The molecule has 110 valence electrons. The lowest BCUT2D eigenvalue weighted by molar-refractivity contribution is 0.239. The van der Waals surface area contributed by atoms with Gasteiger partial charge in [0.25, 0.3) is 10.2 Å². The first-order chi connectivity index (χ1) is 7.89. The molecule has 0 aromatic heterocycles. The third kappa shape index (κ3) is 4.35. The Morgan fingerprint density at radius 3 is 2.56 bits per heavy atom. The Balaban J connectivity index is 0.00000289. The van der Waals surface area contributed by atoms with Gasteiger partial charge in [-0.2, -0.15) is 17.0 Å². The zero-order valence-corrected chi connectivity index (χ0v) is 13.1. The summed E-state index contributed by atoms with van der Waals surface area (Å²) >= 11 is 0. The minimum Gasteiger partial charge on any atom is -0.330 e. The molecule has 1 heterocycles. The van der Waals surface area contributed by atoms with Gasteiger partial charge in [0.15, 0.2) is 0 Å². The molecule has 0 saturated carbocycles. The van der Waals surface area contributed by atoms with Crippen LogP contribution in [0.15, 0.2) is 0 Å². The first-order valence-electron chi connectivity index (χ1n) is 6.32. The second-order valence-corrected chi connectivity index (χ2v) is 7.05. The maximum Gasteiger partial charge on any atom is 0.281 e. The molecule has 1 fully saturated rings. The van der Waals surface area contributed by atoms with Crippen molar-refractivity contribution in [3.63, 3.8) is 0 Å². The van der Waals surface area contributed by atoms with Crippen molar-refractivity contribution >= 4 is 22.6 Å². The van der Waals surface area contributed by atoms with E-state index in [9.17, 15) is 8.42 Å². The molecule has 0 aromatic rings. The van der Waals surface area contributed by atoms with Crippen LogP contribution in [0.4, 0.5) is 0 Å². The van der Waals surface area contributed by atoms with Gasteiger partial charge in [-0.05, 0) is 45.6 Å². The summed E-state index contributed by atoms with van der Waals surface area (Å²) in [6, 6.07) is -0.00474. The van der Waals surface area contributed by atoms with Crippen LogP contribution in [0.25, 0.3) is 0 Å². The van der Waals surface area contributed by atoms with Crippen LogP contribution in [0, 0.1) is 5.92 Å². The SMILES string of the molecule is CC(C)N(C)S(=O)(=O)N1CCCC(CCN)C1.Cl. The van der Waals surface area contributed by atoms with Gasteiger partial charge < -0.3 is 5.73 Å². The Hall–Kier alpha value is 0.120. The molecule has 0 amide bonds. The van der Waals surface area contributed by atoms with E-state index in [0.29, 0.717) is 25.6 Å². The highest BCUT2D eigenvalue weighted by Crippen LogP contribution is 2.23. The van der Waals surface area contributed by atoms with Crippen LogP contribution >= 0.6 is 12.4 Å². The Labute approximate surface area is 117 Å². The maximum absolute atomic E-state index is 12.3. The van der Waals surface area contributed by atoms with E-state index in [1.165, 1.54) is 4.31 Å². The van der Waals surface area contributed by atoms with E-state index in [1.54, 1.807) is 11.4 Å². The molecule has 1 unspecified atom stereocenters. The number of nitrogens with zero attached hydrogens (tertiary/aromatic N) is 2. The van der Waals surface area contributed by atoms with Crippen LogP contribution in [0.1, 0.15) is 33.1 Å². The van der Waals surface area contributed by atoms with Crippen molar-refractivity contribution in [2.24, 2.45) is 11.7 Å². The van der Waals surface area contributed by atoms with Gasteiger partial charge in [0.1, 0.15) is 0 Å². The Morgan fingerprint density at radius 2 is 2.06 bits per heavy atom. The number of nitrogens with two attached hydrogens (primary N) is 1. The first-order valence-corrected chi connectivity index (χ1v) is 7.72. The summed E-state index contributed by atoms with van der Waals surface area (Å²) in [5.41, 5.74) is 5.54. The number of hydrogen-bond donors (Lipinski definition) is 1. The summed E-state index contributed by atoms with van der Waals surface area (Å²) in [6.07, 6.45) is 2.95. The van der Waals surface area contributed by atoms with Gasteiger partial charge in [-0.25, -0.2) is 0 Å². The molecule has 2 N–H and O–H groups in total. The normalized spacial score (nSPS) is 22.2. The molecule has 0 spiro atoms. The van der Waals surface area contributed by atoms with Crippen LogP contribution in [-0.4, -0.2) is 49.8 Å². The zero-order valence-electron chi connectivity index (χ0n) is 11.5. The van der Waals surface area contributed by atoms with E-state index < -0.39 is 10.2 Å². The van der Waals surface area contributed by atoms with Gasteiger partial charge >= 0.3 is 0 Å². The second-order valence-electron chi connectivity index (χ2n) is 5.06. The molecule has 1 rings (SSSR count). The smallest absolute Gasteiger partial charge is 0.281 e. The Morgan fingerprint density at radius 1 is 1.44 bits per heavy atom. The molecule has 0 aromatic carbocycles. The van der Waals surface area contributed by atoms with Crippen molar-refractivity contribution in [1.29, 1.82) is 0 Å². The van der Waals surface area contributed by atoms with Gasteiger partial charge in [-0.15, -0.1) is 12.4 Å². The molecule has 0 radical (unpaired) electrons. The molecule has 0 bridgehead atoms. The predicted octanol–water partition coefficient (Wildman–Crippen LogP) is 1.05. The predicted molar refractivity (Wildman–Crippen MR) is 77.0 cm³/mol. The molecule has 1 aliphatic heterocycles. The highest BCUT2D eigenvalue weighted by atomic mass is 35.5. The van der Waals surface area contributed by atoms with E-state index in [4.69, 9.17) is 5.73 Å². The fraction of sp³-hybridized carbons (Fsp3) is 1.00. The first kappa shape index (κ1) is 18.1. The van der Waals surface area contributed by atoms with E-state index in [-0.39, 0.29) is 18.4 Å². The summed E-state index contributed by atoms with van der Waals surface area (Å²) in [4.78, 5) is 0. The van der Waals surface area contributed by atoms with Gasteiger partial charge in [0.05, 0.1) is 0 Å². The van der Waals surface area contributed by atoms with Gasteiger partial charge in [0.2, 0.25) is 0 Å². The van der Waals surface area contributed by atoms with E-state index >= 15 is 0 Å². The standard InChI is InChI=1S/C11H25N3O2S.ClH/c1-10(2)13(3)17(15,16)14-8-4-5-11(9-14)6-7-12;/h10-11H,4-9,12H2,1-3H3;1H. The molecule has 1 saturated heterocycles. The zero-order chi connectivity index (χ0) is 13.1. The second kappa shape index (κ2) is 7.65. The molecular formula is C11H26ClN3O2S. The van der Waals surface area contributed by atoms with Crippen molar-refractivity contribution in [3.05, 3.63) is 0 Å². The summed E-state index contributed by atoms with van der Waals surface area (Å²) in [5, 5.41) is 0. The van der Waals surface area contributed by atoms with E-state index in [0.717, 1.165) is 19.3 Å². The topological polar surface area (TPSA) is 66.6 Å². The van der Waals surface area contributed by atoms with Crippen LogP contribution in [0.3, 0.4) is 0 Å². The van der Waals surface area contributed by atoms with Gasteiger partial charge in [0, 0.05) is 26.2 Å². The molecule has 0 aliphatic carbocycles. The average molecular weight is 300 g/mol. The van der Waals surface area contributed by atoms with Crippen LogP contribution < -0.4 is 5.73 Å². The molecule has 18 heavy (non-hydrogen) atoms. The number of hydrogen-bond acceptors (Lipinski definition) is 3. The van der Waals surface area contributed by atoms with Gasteiger partial charge in [-0.1, -0.05) is 0 Å². The van der Waals surface area contributed by atoms with Crippen LogP contribution in [-0.2, 0) is 10.2 Å². The van der Waals surface area contributed by atoms with Crippen molar-refractivity contribution < 1.29 is 8.42 Å². The van der Waals surface area contributed by atoms with E-state index in [2.05, 4.69) is 0 Å². The van der Waals surface area contributed by atoms with E-state index in [1.807, 2.05) is 13.8 Å². The summed E-state index contributed by atoms with van der Waals surface area (Å²) in [7, 11) is -1.64. The van der Waals surface area contributed by atoms with Crippen molar-refractivity contribution in [3.8, 4) is 0 Å². The molecular weight excluding hydrogens is 274 g/mol.